The van der Waals surface area contributed by atoms with E-state index in [2.05, 4.69) is 5.32 Å². The Labute approximate surface area is 149 Å². The molecule has 2 rings (SSSR count). The van der Waals surface area contributed by atoms with E-state index in [-0.39, 0.29) is 29.4 Å². The smallest absolute Gasteiger partial charge is 0.232 e. The van der Waals surface area contributed by atoms with E-state index in [9.17, 15) is 22.0 Å². The summed E-state index contributed by atoms with van der Waals surface area (Å²) in [5.74, 6) is -2.67. The SMILES string of the molecule is CS(=O)(=O)N(CCC(=O)Nc1ccc(F)c(F)c1)c1ccccc1Cl. The third kappa shape index (κ3) is 5.14. The van der Waals surface area contributed by atoms with Gasteiger partial charge in [0.1, 0.15) is 0 Å². The van der Waals surface area contributed by atoms with E-state index < -0.39 is 27.6 Å². The molecule has 0 heterocycles. The Morgan fingerprint density at radius 3 is 2.44 bits per heavy atom. The maximum Gasteiger partial charge on any atom is 0.232 e. The first kappa shape index (κ1) is 19.1. The predicted molar refractivity (Wildman–Crippen MR) is 93.2 cm³/mol. The van der Waals surface area contributed by atoms with Crippen LogP contribution in [0.4, 0.5) is 20.2 Å². The Hall–Kier alpha value is -2.19. The Kier molecular flexibility index (Phi) is 5.97. The molecule has 134 valence electrons. The van der Waals surface area contributed by atoms with Gasteiger partial charge in [0.15, 0.2) is 11.6 Å². The van der Waals surface area contributed by atoms with Crippen molar-refractivity contribution >= 4 is 38.9 Å². The molecule has 2 aromatic rings. The van der Waals surface area contributed by atoms with Gasteiger partial charge in [-0.3, -0.25) is 9.10 Å². The predicted octanol–water partition coefficient (Wildman–Crippen LogP) is 3.41. The molecule has 0 aliphatic carbocycles. The maximum absolute atomic E-state index is 13.1. The number of hydrogen-bond acceptors (Lipinski definition) is 3. The largest absolute Gasteiger partial charge is 0.326 e. The highest BCUT2D eigenvalue weighted by Crippen LogP contribution is 2.27. The molecule has 0 spiro atoms. The summed E-state index contributed by atoms with van der Waals surface area (Å²) < 4.78 is 51.0. The highest BCUT2D eigenvalue weighted by Gasteiger charge is 2.20. The topological polar surface area (TPSA) is 66.5 Å². The Morgan fingerprint density at radius 1 is 1.16 bits per heavy atom. The fraction of sp³-hybridized carbons (Fsp3) is 0.188. The third-order valence-corrected chi connectivity index (χ3v) is 4.77. The summed E-state index contributed by atoms with van der Waals surface area (Å²) in [6.07, 6.45) is 0.806. The molecule has 2 aromatic carbocycles. The van der Waals surface area contributed by atoms with E-state index >= 15 is 0 Å². The van der Waals surface area contributed by atoms with Gasteiger partial charge in [0.25, 0.3) is 0 Å². The summed E-state index contributed by atoms with van der Waals surface area (Å²) in [6.45, 7) is -0.155. The maximum atomic E-state index is 13.1. The highest BCUT2D eigenvalue weighted by molar-refractivity contribution is 7.92. The van der Waals surface area contributed by atoms with Crippen LogP contribution in [0.5, 0.6) is 0 Å². The number of benzene rings is 2. The number of nitrogens with zero attached hydrogens (tertiary/aromatic N) is 1. The molecule has 0 saturated heterocycles. The van der Waals surface area contributed by atoms with Crippen molar-refractivity contribution in [1.82, 2.24) is 0 Å². The molecular formula is C16H15ClF2N2O3S. The minimum absolute atomic E-state index is 0.0764. The Bertz CT molecular complexity index is 891. The zero-order valence-electron chi connectivity index (χ0n) is 13.2. The normalized spacial score (nSPS) is 11.2. The van der Waals surface area contributed by atoms with Gasteiger partial charge in [-0.25, -0.2) is 17.2 Å². The summed E-state index contributed by atoms with van der Waals surface area (Å²) >= 11 is 6.02. The quantitative estimate of drug-likeness (QED) is 0.824. The van der Waals surface area contributed by atoms with Gasteiger partial charge in [-0.2, -0.15) is 0 Å². The van der Waals surface area contributed by atoms with Crippen LogP contribution in [0, 0.1) is 11.6 Å². The van der Waals surface area contributed by atoms with Crippen LogP contribution in [0.1, 0.15) is 6.42 Å². The van der Waals surface area contributed by atoms with Crippen LogP contribution in [-0.2, 0) is 14.8 Å². The van der Waals surface area contributed by atoms with Gasteiger partial charge >= 0.3 is 0 Å². The van der Waals surface area contributed by atoms with Crippen molar-refractivity contribution in [2.45, 2.75) is 6.42 Å². The molecule has 0 unspecified atom stereocenters. The van der Waals surface area contributed by atoms with E-state index in [1.54, 1.807) is 12.1 Å². The van der Waals surface area contributed by atoms with Crippen LogP contribution < -0.4 is 9.62 Å². The number of anilines is 2. The summed E-state index contributed by atoms with van der Waals surface area (Å²) in [7, 11) is -3.66. The van der Waals surface area contributed by atoms with Crippen LogP contribution >= 0.6 is 11.6 Å². The third-order valence-electron chi connectivity index (χ3n) is 3.27. The average molecular weight is 389 g/mol. The molecule has 1 N–H and O–H groups in total. The minimum atomic E-state index is -3.66. The van der Waals surface area contributed by atoms with Crippen molar-refractivity contribution in [2.24, 2.45) is 0 Å². The molecule has 25 heavy (non-hydrogen) atoms. The van der Waals surface area contributed by atoms with Crippen molar-refractivity contribution in [1.29, 1.82) is 0 Å². The first-order valence-corrected chi connectivity index (χ1v) is 9.38. The van der Waals surface area contributed by atoms with E-state index in [0.717, 1.165) is 22.7 Å². The standard InChI is InChI=1S/C16H15ClF2N2O3S/c1-25(23,24)21(15-5-3-2-4-12(15)17)9-8-16(22)20-11-6-7-13(18)14(19)10-11/h2-7,10H,8-9H2,1H3,(H,20,22). The molecule has 5 nitrogen and oxygen atoms in total. The number of rotatable bonds is 6. The second-order valence-electron chi connectivity index (χ2n) is 5.21. The van der Waals surface area contributed by atoms with Crippen molar-refractivity contribution in [3.05, 3.63) is 59.1 Å². The van der Waals surface area contributed by atoms with Gasteiger partial charge in [0.05, 0.1) is 17.0 Å². The van der Waals surface area contributed by atoms with Gasteiger partial charge < -0.3 is 5.32 Å². The fourth-order valence-electron chi connectivity index (χ4n) is 2.12. The van der Waals surface area contributed by atoms with Crippen LogP contribution in [0.2, 0.25) is 5.02 Å². The fourth-order valence-corrected chi connectivity index (χ4v) is 3.35. The highest BCUT2D eigenvalue weighted by atomic mass is 35.5. The number of sulfonamides is 1. The second-order valence-corrected chi connectivity index (χ2v) is 7.53. The molecule has 1 amide bonds. The molecule has 9 heteroatoms. The van der Waals surface area contributed by atoms with Crippen LogP contribution in [0.3, 0.4) is 0 Å². The van der Waals surface area contributed by atoms with Crippen molar-refractivity contribution < 1.29 is 22.0 Å². The lowest BCUT2D eigenvalue weighted by Crippen LogP contribution is -2.33. The zero-order chi connectivity index (χ0) is 18.6. The van der Waals surface area contributed by atoms with Crippen molar-refractivity contribution in [2.75, 3.05) is 22.4 Å². The number of para-hydroxylation sites is 1. The molecular weight excluding hydrogens is 374 g/mol. The lowest BCUT2D eigenvalue weighted by atomic mass is 10.2. The van der Waals surface area contributed by atoms with Crippen LogP contribution in [-0.4, -0.2) is 27.1 Å². The monoisotopic (exact) mass is 388 g/mol. The Morgan fingerprint density at radius 2 is 1.84 bits per heavy atom. The molecule has 0 saturated carbocycles. The Balaban J connectivity index is 2.09. The number of nitrogens with one attached hydrogen (secondary N) is 1. The molecule has 0 aliphatic rings. The van der Waals surface area contributed by atoms with Gasteiger partial charge in [0, 0.05) is 24.7 Å². The summed E-state index contributed by atoms with van der Waals surface area (Å²) in [6, 6.07) is 9.28. The summed E-state index contributed by atoms with van der Waals surface area (Å²) in [4.78, 5) is 12.0. The summed E-state index contributed by atoms with van der Waals surface area (Å²) in [5, 5.41) is 2.61. The average Bonchev–Trinajstić information content (AvgIpc) is 2.51. The van der Waals surface area contributed by atoms with Crippen molar-refractivity contribution in [3.63, 3.8) is 0 Å². The molecule has 0 fully saturated rings. The van der Waals surface area contributed by atoms with Gasteiger partial charge in [-0.15, -0.1) is 0 Å². The first-order valence-electron chi connectivity index (χ1n) is 7.15. The molecule has 0 bridgehead atoms. The van der Waals surface area contributed by atoms with Gasteiger partial charge in [-0.1, -0.05) is 23.7 Å². The number of hydrogen-bond donors (Lipinski definition) is 1. The number of carbonyl (C=O) groups is 1. The number of halogens is 3. The molecule has 0 radical (unpaired) electrons. The molecule has 0 atom stereocenters. The zero-order valence-corrected chi connectivity index (χ0v) is 14.7. The van der Waals surface area contributed by atoms with E-state index in [1.165, 1.54) is 18.2 Å². The second kappa shape index (κ2) is 7.79. The first-order chi connectivity index (χ1) is 11.7. The van der Waals surface area contributed by atoms with E-state index in [0.29, 0.717) is 0 Å². The number of amides is 1. The lowest BCUT2D eigenvalue weighted by Gasteiger charge is -2.23. The lowest BCUT2D eigenvalue weighted by molar-refractivity contribution is -0.116. The van der Waals surface area contributed by atoms with Crippen molar-refractivity contribution in [3.8, 4) is 0 Å². The van der Waals surface area contributed by atoms with Gasteiger partial charge in [0.2, 0.25) is 15.9 Å². The van der Waals surface area contributed by atoms with E-state index in [1.807, 2.05) is 0 Å². The van der Waals surface area contributed by atoms with Gasteiger partial charge in [-0.05, 0) is 24.3 Å². The van der Waals surface area contributed by atoms with Crippen LogP contribution in [0.25, 0.3) is 0 Å². The minimum Gasteiger partial charge on any atom is -0.326 e. The summed E-state index contributed by atoms with van der Waals surface area (Å²) in [5.41, 5.74) is 0.333. The van der Waals surface area contributed by atoms with E-state index in [4.69, 9.17) is 11.6 Å². The van der Waals surface area contributed by atoms with Crippen LogP contribution in [0.15, 0.2) is 42.5 Å². The number of carbonyl (C=O) groups excluding carboxylic acids is 1. The molecule has 0 aliphatic heterocycles. The molecule has 0 aromatic heterocycles.